The molecule has 1 saturated heterocycles. The average Bonchev–Trinajstić information content (AvgIpc) is 2.51. The minimum atomic E-state index is -1.22. The van der Waals surface area contributed by atoms with Crippen LogP contribution in [0.1, 0.15) is 0 Å². The quantitative estimate of drug-likeness (QED) is 0.421. The Bertz CT molecular complexity index is 322. The number of rotatable bonds is 2. The highest BCUT2D eigenvalue weighted by Gasteiger charge is 2.46. The maximum absolute atomic E-state index is 11.7. The van der Waals surface area contributed by atoms with E-state index in [0.717, 1.165) is 0 Å². The lowest BCUT2D eigenvalue weighted by Crippen LogP contribution is -2.50. The lowest BCUT2D eigenvalue weighted by Gasteiger charge is -2.28. The molecule has 0 aromatic heterocycles. The van der Waals surface area contributed by atoms with Crippen molar-refractivity contribution >= 4 is 6.03 Å². The van der Waals surface area contributed by atoms with Gasteiger partial charge in [-0.2, -0.15) is 0 Å². The van der Waals surface area contributed by atoms with Gasteiger partial charge in [0, 0.05) is 13.1 Å². The summed E-state index contributed by atoms with van der Waals surface area (Å²) in [6.45, 7) is 0.308. The second kappa shape index (κ2) is 5.01. The van der Waals surface area contributed by atoms with Crippen molar-refractivity contribution in [3.05, 3.63) is 12.2 Å². The van der Waals surface area contributed by atoms with E-state index in [4.69, 9.17) is 9.84 Å². The van der Waals surface area contributed by atoms with Crippen LogP contribution in [-0.4, -0.2) is 70.5 Å². The van der Waals surface area contributed by atoms with Gasteiger partial charge in [-0.15, -0.1) is 0 Å². The molecule has 0 spiro atoms. The Balaban J connectivity index is 2.11. The van der Waals surface area contributed by atoms with Crippen LogP contribution in [0, 0.1) is 0 Å². The molecule has 7 heteroatoms. The van der Waals surface area contributed by atoms with E-state index in [0.29, 0.717) is 13.1 Å². The van der Waals surface area contributed by atoms with Crippen LogP contribution in [0.5, 0.6) is 0 Å². The predicted molar refractivity (Wildman–Crippen MR) is 57.0 cm³/mol. The number of nitrogens with one attached hydrogen (secondary N) is 1. The predicted octanol–water partition coefficient (Wildman–Crippen LogP) is -1.99. The van der Waals surface area contributed by atoms with Crippen molar-refractivity contribution in [2.75, 3.05) is 19.7 Å². The van der Waals surface area contributed by atoms with Crippen molar-refractivity contribution in [2.45, 2.75) is 24.5 Å². The maximum Gasteiger partial charge on any atom is 0.320 e. The molecule has 0 unspecified atom stereocenters. The summed E-state index contributed by atoms with van der Waals surface area (Å²) in [5.41, 5.74) is 0. The van der Waals surface area contributed by atoms with Gasteiger partial charge in [-0.05, 0) is 0 Å². The molecule has 2 aliphatic heterocycles. The molecule has 2 aliphatic rings. The van der Waals surface area contributed by atoms with Crippen molar-refractivity contribution in [1.29, 1.82) is 0 Å². The smallest absolute Gasteiger partial charge is 0.320 e. The lowest BCUT2D eigenvalue weighted by molar-refractivity contribution is -0.0755. The summed E-state index contributed by atoms with van der Waals surface area (Å²) in [5.74, 6) is 0. The Labute approximate surface area is 98.3 Å². The van der Waals surface area contributed by atoms with Gasteiger partial charge in [-0.3, -0.25) is 4.90 Å². The zero-order valence-electron chi connectivity index (χ0n) is 9.19. The number of aliphatic hydroxyl groups excluding tert-OH is 3. The molecule has 0 bridgehead atoms. The van der Waals surface area contributed by atoms with Crippen LogP contribution in [0.25, 0.3) is 0 Å². The highest BCUT2D eigenvalue weighted by Crippen LogP contribution is 2.24. The summed E-state index contributed by atoms with van der Waals surface area (Å²) in [6.07, 6.45) is -0.652. The van der Waals surface area contributed by atoms with Gasteiger partial charge in [-0.25, -0.2) is 4.79 Å². The highest BCUT2D eigenvalue weighted by molar-refractivity contribution is 5.75. The van der Waals surface area contributed by atoms with E-state index in [9.17, 15) is 15.0 Å². The summed E-state index contributed by atoms with van der Waals surface area (Å²) in [5, 5.41) is 31.0. The zero-order valence-corrected chi connectivity index (χ0v) is 9.19. The molecule has 0 radical (unpaired) electrons. The molecule has 0 saturated carbocycles. The van der Waals surface area contributed by atoms with Gasteiger partial charge in [0.25, 0.3) is 0 Å². The molecule has 0 aromatic carbocycles. The fraction of sp³-hybridized carbons (Fsp3) is 0.700. The van der Waals surface area contributed by atoms with Crippen LogP contribution in [0.3, 0.4) is 0 Å². The molecular formula is C10H16N2O5. The standard InChI is InChI=1S/C10H16N2O5/c13-5-6-7(14)8(15)9(17-6)12-4-2-1-3-11-10(12)16/h1-2,6-9,13-15H,3-5H2,(H,11,16)/t6-,7-,8+,9-/m1/s1. The summed E-state index contributed by atoms with van der Waals surface area (Å²) in [6, 6.07) is -0.371. The van der Waals surface area contributed by atoms with Gasteiger partial charge in [0.2, 0.25) is 0 Å². The number of carbonyl (C=O) groups is 1. The van der Waals surface area contributed by atoms with E-state index in [1.807, 2.05) is 0 Å². The van der Waals surface area contributed by atoms with Crippen LogP contribution in [0.15, 0.2) is 12.2 Å². The van der Waals surface area contributed by atoms with Crippen LogP contribution in [0.2, 0.25) is 0 Å². The van der Waals surface area contributed by atoms with Crippen molar-refractivity contribution in [1.82, 2.24) is 10.2 Å². The van der Waals surface area contributed by atoms with E-state index in [1.54, 1.807) is 12.2 Å². The molecule has 2 heterocycles. The Hall–Kier alpha value is -1.15. The maximum atomic E-state index is 11.7. The monoisotopic (exact) mass is 244 g/mol. The second-order valence-electron chi connectivity index (χ2n) is 4.04. The van der Waals surface area contributed by atoms with Gasteiger partial charge in [0.1, 0.15) is 18.3 Å². The molecule has 0 aromatic rings. The minimum Gasteiger partial charge on any atom is -0.394 e. The van der Waals surface area contributed by atoms with Crippen molar-refractivity contribution in [3.8, 4) is 0 Å². The van der Waals surface area contributed by atoms with Gasteiger partial charge in [0.05, 0.1) is 6.61 Å². The molecule has 17 heavy (non-hydrogen) atoms. The van der Waals surface area contributed by atoms with Crippen LogP contribution in [-0.2, 0) is 4.74 Å². The largest absolute Gasteiger partial charge is 0.394 e. The Morgan fingerprint density at radius 2 is 2.18 bits per heavy atom. The van der Waals surface area contributed by atoms with Crippen LogP contribution in [0.4, 0.5) is 4.79 Å². The molecule has 96 valence electrons. The van der Waals surface area contributed by atoms with Crippen molar-refractivity contribution < 1.29 is 24.9 Å². The first kappa shape index (κ1) is 12.3. The van der Waals surface area contributed by atoms with Gasteiger partial charge in [-0.1, -0.05) is 12.2 Å². The highest BCUT2D eigenvalue weighted by atomic mass is 16.6. The first-order valence-electron chi connectivity index (χ1n) is 5.47. The molecular weight excluding hydrogens is 228 g/mol. The summed E-state index contributed by atoms with van der Waals surface area (Å²) < 4.78 is 5.28. The SMILES string of the molecule is O=C1NCC=CCN1[C@@H]1O[C@H](CO)[C@@H](O)[C@@H]1O. The van der Waals surface area contributed by atoms with E-state index in [1.165, 1.54) is 4.90 Å². The summed E-state index contributed by atoms with van der Waals surface area (Å²) in [4.78, 5) is 13.0. The van der Waals surface area contributed by atoms with Gasteiger partial charge >= 0.3 is 6.03 Å². The molecule has 4 atom stereocenters. The molecule has 1 fully saturated rings. The van der Waals surface area contributed by atoms with E-state index in [2.05, 4.69) is 5.32 Å². The second-order valence-corrected chi connectivity index (χ2v) is 4.04. The molecule has 2 rings (SSSR count). The molecule has 4 N–H and O–H groups in total. The first-order chi connectivity index (χ1) is 8.15. The minimum absolute atomic E-state index is 0.290. The third kappa shape index (κ3) is 2.27. The normalized spacial score (nSPS) is 38.1. The third-order valence-corrected chi connectivity index (χ3v) is 2.93. The third-order valence-electron chi connectivity index (χ3n) is 2.93. The Kier molecular flexibility index (Phi) is 3.63. The average molecular weight is 244 g/mol. The van der Waals surface area contributed by atoms with E-state index < -0.39 is 31.1 Å². The number of hydrogen-bond donors (Lipinski definition) is 4. The summed E-state index contributed by atoms with van der Waals surface area (Å²) in [7, 11) is 0. The fourth-order valence-electron chi connectivity index (χ4n) is 1.96. The lowest BCUT2D eigenvalue weighted by atomic mass is 10.1. The number of amides is 2. The number of nitrogens with zero attached hydrogens (tertiary/aromatic N) is 1. The first-order valence-corrected chi connectivity index (χ1v) is 5.47. The number of urea groups is 1. The zero-order chi connectivity index (χ0) is 12.4. The van der Waals surface area contributed by atoms with Gasteiger partial charge in [0.15, 0.2) is 6.23 Å². The van der Waals surface area contributed by atoms with Crippen LogP contribution >= 0.6 is 0 Å². The number of ether oxygens (including phenoxy) is 1. The van der Waals surface area contributed by atoms with E-state index in [-0.39, 0.29) is 6.03 Å². The topological polar surface area (TPSA) is 102 Å². The van der Waals surface area contributed by atoms with Crippen molar-refractivity contribution in [2.24, 2.45) is 0 Å². The van der Waals surface area contributed by atoms with Gasteiger partial charge < -0.3 is 25.4 Å². The summed E-state index contributed by atoms with van der Waals surface area (Å²) >= 11 is 0. The molecule has 0 aliphatic carbocycles. The Morgan fingerprint density at radius 1 is 1.41 bits per heavy atom. The van der Waals surface area contributed by atoms with Crippen LogP contribution < -0.4 is 5.32 Å². The van der Waals surface area contributed by atoms with Crippen molar-refractivity contribution in [3.63, 3.8) is 0 Å². The molecule has 7 nitrogen and oxygen atoms in total. The number of carbonyl (C=O) groups excluding carboxylic acids is 1. The van der Waals surface area contributed by atoms with E-state index >= 15 is 0 Å². The number of aliphatic hydroxyl groups is 3. The fourth-order valence-corrected chi connectivity index (χ4v) is 1.96. The number of hydrogen-bond acceptors (Lipinski definition) is 5. The Morgan fingerprint density at radius 3 is 2.82 bits per heavy atom. The molecule has 2 amide bonds.